The highest BCUT2D eigenvalue weighted by molar-refractivity contribution is 6.99. The smallest absolute Gasteiger partial charge is 0.261 e. The largest absolute Gasteiger partial charge is 0.404 e. The Morgan fingerprint density at radius 2 is 1.38 bits per heavy atom. The van der Waals surface area contributed by atoms with Crippen LogP contribution in [-0.2, 0) is 23.5 Å². The highest BCUT2D eigenvalue weighted by Crippen LogP contribution is 2.38. The summed E-state index contributed by atoms with van der Waals surface area (Å²) < 4.78 is 19.1. The second-order valence-corrected chi connectivity index (χ2v) is 16.2. The van der Waals surface area contributed by atoms with Crippen molar-refractivity contribution in [3.8, 4) is 0 Å². The normalized spacial score (nSPS) is 20.6. The fraction of sp³-hybridized carbons (Fsp3) is 0.412. The zero-order valence-electron chi connectivity index (χ0n) is 24.3. The van der Waals surface area contributed by atoms with Crippen LogP contribution in [0.1, 0.15) is 72.2 Å². The summed E-state index contributed by atoms with van der Waals surface area (Å²) in [6, 6.07) is 30.5. The molecule has 0 aliphatic carbocycles. The molecule has 5 nitrogen and oxygen atoms in total. The van der Waals surface area contributed by atoms with E-state index < -0.39 is 14.6 Å². The van der Waals surface area contributed by atoms with Crippen LogP contribution in [0.3, 0.4) is 0 Å². The van der Waals surface area contributed by atoms with E-state index in [1.54, 1.807) is 0 Å². The van der Waals surface area contributed by atoms with E-state index in [2.05, 4.69) is 45.0 Å². The summed E-state index contributed by atoms with van der Waals surface area (Å²) >= 11 is 0. The molecule has 4 rings (SSSR count). The number of ketones is 2. The monoisotopic (exact) mass is 558 g/mol. The fourth-order valence-electron chi connectivity index (χ4n) is 5.77. The van der Waals surface area contributed by atoms with E-state index in [9.17, 15) is 9.59 Å². The Bertz CT molecular complexity index is 1200. The Morgan fingerprint density at radius 3 is 1.90 bits per heavy atom. The lowest BCUT2D eigenvalue weighted by atomic mass is 10.0. The third-order valence-electron chi connectivity index (χ3n) is 7.50. The van der Waals surface area contributed by atoms with Crippen molar-refractivity contribution >= 4 is 30.3 Å². The molecule has 0 saturated carbocycles. The average Bonchev–Trinajstić information content (AvgIpc) is 2.92. The van der Waals surface area contributed by atoms with Crippen LogP contribution < -0.4 is 10.4 Å². The molecule has 212 valence electrons. The number of ether oxygens (including phenoxy) is 2. The number of carbonyl (C=O) groups is 2. The maximum Gasteiger partial charge on any atom is 0.261 e. The molecule has 0 N–H and O–H groups in total. The quantitative estimate of drug-likeness (QED) is 0.209. The van der Waals surface area contributed by atoms with Crippen LogP contribution in [0, 0.1) is 0 Å². The predicted octanol–water partition coefficient (Wildman–Crippen LogP) is 6.15. The molecule has 1 aliphatic rings. The van der Waals surface area contributed by atoms with Crippen LogP contribution in [0.25, 0.3) is 0 Å². The number of Topliss-reactive ketones (excluding diaryl/α,β-unsaturated/α-hetero) is 2. The lowest BCUT2D eigenvalue weighted by Gasteiger charge is -2.44. The van der Waals surface area contributed by atoms with Gasteiger partial charge >= 0.3 is 0 Å². The first kappa shape index (κ1) is 30.1. The van der Waals surface area contributed by atoms with Gasteiger partial charge < -0.3 is 13.9 Å². The van der Waals surface area contributed by atoms with Crippen LogP contribution in [0.4, 0.5) is 0 Å². The van der Waals surface area contributed by atoms with Crippen molar-refractivity contribution < 1.29 is 23.5 Å². The molecule has 6 heteroatoms. The molecule has 3 aromatic carbocycles. The molecule has 3 aromatic rings. The fourth-order valence-corrected chi connectivity index (χ4v) is 10.5. The second kappa shape index (κ2) is 13.2. The van der Waals surface area contributed by atoms with E-state index in [-0.39, 0.29) is 54.2 Å². The van der Waals surface area contributed by atoms with Gasteiger partial charge in [-0.15, -0.1) is 0 Å². The summed E-state index contributed by atoms with van der Waals surface area (Å²) in [5.41, 5.74) is 0.928. The molecule has 0 amide bonds. The van der Waals surface area contributed by atoms with Crippen molar-refractivity contribution in [1.29, 1.82) is 0 Å². The summed E-state index contributed by atoms with van der Waals surface area (Å²) in [5.74, 6) is -0.205. The molecule has 1 unspecified atom stereocenters. The van der Waals surface area contributed by atoms with Gasteiger partial charge in [0.1, 0.15) is 11.6 Å². The third-order valence-corrected chi connectivity index (χ3v) is 12.7. The van der Waals surface area contributed by atoms with Gasteiger partial charge in [0.05, 0.1) is 18.6 Å². The number of hydrogen-bond acceptors (Lipinski definition) is 5. The van der Waals surface area contributed by atoms with Gasteiger partial charge in [-0.3, -0.25) is 9.59 Å². The molecule has 0 radical (unpaired) electrons. The van der Waals surface area contributed by atoms with Gasteiger partial charge in [-0.1, -0.05) is 112 Å². The lowest BCUT2D eigenvalue weighted by molar-refractivity contribution is -0.243. The van der Waals surface area contributed by atoms with Gasteiger partial charge in [0.15, 0.2) is 6.29 Å². The van der Waals surface area contributed by atoms with E-state index >= 15 is 0 Å². The van der Waals surface area contributed by atoms with Gasteiger partial charge in [-0.05, 0) is 29.3 Å². The van der Waals surface area contributed by atoms with Crippen molar-refractivity contribution in [3.63, 3.8) is 0 Å². The van der Waals surface area contributed by atoms with Crippen LogP contribution in [0.15, 0.2) is 91.0 Å². The summed E-state index contributed by atoms with van der Waals surface area (Å²) in [6.07, 6.45) is -0.254. The van der Waals surface area contributed by atoms with E-state index in [4.69, 9.17) is 13.9 Å². The van der Waals surface area contributed by atoms with E-state index in [0.717, 1.165) is 5.56 Å². The average molecular weight is 559 g/mol. The minimum atomic E-state index is -2.77. The molecule has 1 aliphatic heterocycles. The van der Waals surface area contributed by atoms with E-state index in [0.29, 0.717) is 6.42 Å². The number of benzene rings is 3. The predicted molar refractivity (Wildman–Crippen MR) is 161 cm³/mol. The number of rotatable bonds is 11. The molecule has 4 atom stereocenters. The Labute approximate surface area is 240 Å². The van der Waals surface area contributed by atoms with Gasteiger partial charge in [0.25, 0.3) is 8.32 Å². The Hall–Kier alpha value is -2.90. The molecular weight excluding hydrogens is 516 g/mol. The van der Waals surface area contributed by atoms with E-state index in [1.165, 1.54) is 10.4 Å². The van der Waals surface area contributed by atoms with Gasteiger partial charge in [-0.2, -0.15) is 0 Å². The SMILES string of the molecule is CC(CC(=O)CC(=O)C[C@H]1C[C@@H](C)O[C@@H](c2ccccc2)O1)O[Si](c1ccccc1)(c1ccccc1)C(C)(C)C. The summed E-state index contributed by atoms with van der Waals surface area (Å²) in [6.45, 7) is 10.6. The summed E-state index contributed by atoms with van der Waals surface area (Å²) in [7, 11) is -2.77. The maximum absolute atomic E-state index is 13.1. The van der Waals surface area contributed by atoms with Gasteiger partial charge in [-0.25, -0.2) is 0 Å². The first-order valence-corrected chi connectivity index (χ1v) is 16.2. The first-order chi connectivity index (χ1) is 19.1. The van der Waals surface area contributed by atoms with Crippen LogP contribution >= 0.6 is 0 Å². The topological polar surface area (TPSA) is 61.8 Å². The number of hydrogen-bond donors (Lipinski definition) is 0. The van der Waals surface area contributed by atoms with E-state index in [1.807, 2.05) is 80.6 Å². The molecule has 1 saturated heterocycles. The second-order valence-electron chi connectivity index (χ2n) is 11.9. The molecule has 1 heterocycles. The minimum Gasteiger partial charge on any atom is -0.404 e. The van der Waals surface area contributed by atoms with Crippen LogP contribution in [-0.4, -0.2) is 38.2 Å². The maximum atomic E-state index is 13.1. The van der Waals surface area contributed by atoms with Crippen molar-refractivity contribution in [1.82, 2.24) is 0 Å². The Balaban J connectivity index is 1.42. The first-order valence-electron chi connectivity index (χ1n) is 14.3. The molecule has 0 aromatic heterocycles. The van der Waals surface area contributed by atoms with Gasteiger partial charge in [0, 0.05) is 30.9 Å². The van der Waals surface area contributed by atoms with Crippen LogP contribution in [0.5, 0.6) is 0 Å². The Morgan fingerprint density at radius 1 is 0.850 bits per heavy atom. The van der Waals surface area contributed by atoms with Crippen molar-refractivity contribution in [2.24, 2.45) is 0 Å². The molecule has 1 fully saturated rings. The minimum absolute atomic E-state index is 0.0349. The Kier molecular flexibility index (Phi) is 9.90. The molecule has 0 bridgehead atoms. The zero-order chi connectivity index (χ0) is 28.8. The molecular formula is C34H42O5Si. The number of carbonyl (C=O) groups excluding carboxylic acids is 2. The highest BCUT2D eigenvalue weighted by Gasteiger charge is 2.51. The highest BCUT2D eigenvalue weighted by atomic mass is 28.4. The summed E-state index contributed by atoms with van der Waals surface area (Å²) in [4.78, 5) is 26.1. The molecule has 0 spiro atoms. The summed E-state index contributed by atoms with van der Waals surface area (Å²) in [5, 5.41) is 2.15. The van der Waals surface area contributed by atoms with Crippen molar-refractivity contribution in [2.45, 2.75) is 89.9 Å². The van der Waals surface area contributed by atoms with Crippen molar-refractivity contribution in [2.75, 3.05) is 0 Å². The van der Waals surface area contributed by atoms with Crippen LogP contribution in [0.2, 0.25) is 5.04 Å². The van der Waals surface area contributed by atoms with Gasteiger partial charge in [0.2, 0.25) is 0 Å². The standard InChI is InChI=1S/C34H42O5Si/c1-25-22-30(38-33(37-25)27-15-9-6-10-16-27)24-29(36)23-28(35)21-26(2)39-40(34(3,4)5,31-17-11-7-12-18-31)32-19-13-8-14-20-32/h6-20,25-26,30,33H,21-24H2,1-5H3/t25-,26?,30-,33-/m1/s1. The molecule has 40 heavy (non-hydrogen) atoms. The zero-order valence-corrected chi connectivity index (χ0v) is 25.3. The third kappa shape index (κ3) is 7.24. The van der Waals surface area contributed by atoms with Crippen molar-refractivity contribution in [3.05, 3.63) is 96.6 Å². The lowest BCUT2D eigenvalue weighted by Crippen LogP contribution is -2.67.